The van der Waals surface area contributed by atoms with Crippen LogP contribution in [0, 0.1) is 13.8 Å². The first-order valence-corrected chi connectivity index (χ1v) is 10.2. The van der Waals surface area contributed by atoms with E-state index in [1.807, 2.05) is 30.0 Å². The number of pyridine rings is 1. The van der Waals surface area contributed by atoms with Gasteiger partial charge in [-0.25, -0.2) is 9.97 Å². The fourth-order valence-corrected chi connectivity index (χ4v) is 4.13. The minimum Gasteiger partial charge on any atom is -0.436 e. The summed E-state index contributed by atoms with van der Waals surface area (Å²) in [5.41, 5.74) is 1.48. The molecule has 4 rings (SSSR count). The molecule has 0 radical (unpaired) electrons. The van der Waals surface area contributed by atoms with Crippen LogP contribution >= 0.6 is 11.3 Å². The van der Waals surface area contributed by atoms with Crippen LogP contribution in [0.15, 0.2) is 22.6 Å². The largest absolute Gasteiger partial charge is 0.436 e. The summed E-state index contributed by atoms with van der Waals surface area (Å²) in [5, 5.41) is 13.2. The van der Waals surface area contributed by atoms with E-state index in [4.69, 9.17) is 9.40 Å². The van der Waals surface area contributed by atoms with Crippen LogP contribution in [0.3, 0.4) is 0 Å². The zero-order chi connectivity index (χ0) is 19.7. The minimum absolute atomic E-state index is 0.0836. The van der Waals surface area contributed by atoms with Crippen LogP contribution in [-0.2, 0) is 6.42 Å². The molecule has 0 unspecified atom stereocenters. The number of hydrogen-bond acceptors (Lipinski definition) is 8. The van der Waals surface area contributed by atoms with Crippen LogP contribution in [0.25, 0.3) is 0 Å². The molecule has 4 heterocycles. The lowest BCUT2D eigenvalue weighted by molar-refractivity contribution is 0.0698. The van der Waals surface area contributed by atoms with Crippen molar-refractivity contribution in [3.63, 3.8) is 0 Å². The summed E-state index contributed by atoms with van der Waals surface area (Å²) >= 11 is 1.52. The second-order valence-corrected chi connectivity index (χ2v) is 7.79. The maximum atomic E-state index is 13.0. The average molecular weight is 398 g/mol. The first-order valence-electron chi connectivity index (χ1n) is 9.36. The molecule has 0 aliphatic carbocycles. The zero-order valence-corrected chi connectivity index (χ0v) is 16.9. The Kier molecular flexibility index (Phi) is 5.08. The first kappa shape index (κ1) is 18.5. The molecule has 1 atom stereocenters. The highest BCUT2D eigenvalue weighted by Gasteiger charge is 2.34. The first-order chi connectivity index (χ1) is 13.5. The van der Waals surface area contributed by atoms with Crippen LogP contribution in [0.4, 0.5) is 10.9 Å². The number of aryl methyl sites for hydroxylation is 3. The van der Waals surface area contributed by atoms with E-state index in [0.29, 0.717) is 34.8 Å². The number of oxazole rings is 1. The van der Waals surface area contributed by atoms with Crippen molar-refractivity contribution in [3.05, 3.63) is 46.2 Å². The predicted octanol–water partition coefficient (Wildman–Crippen LogP) is 3.82. The Hall–Kier alpha value is -2.81. The molecule has 1 N–H and O–H groups in total. The number of amides is 1. The van der Waals surface area contributed by atoms with E-state index in [9.17, 15) is 4.79 Å². The Morgan fingerprint density at radius 1 is 1.32 bits per heavy atom. The lowest BCUT2D eigenvalue weighted by atomic mass is 10.1. The van der Waals surface area contributed by atoms with E-state index in [-0.39, 0.29) is 11.9 Å². The topological polar surface area (TPSA) is 97.0 Å². The maximum Gasteiger partial charge on any atom is 0.292 e. The second kappa shape index (κ2) is 7.67. The lowest BCUT2D eigenvalue weighted by Crippen LogP contribution is -2.31. The van der Waals surface area contributed by atoms with Crippen LogP contribution in [0.2, 0.25) is 0 Å². The molecule has 28 heavy (non-hydrogen) atoms. The van der Waals surface area contributed by atoms with Gasteiger partial charge in [0.1, 0.15) is 10.8 Å². The van der Waals surface area contributed by atoms with E-state index in [0.717, 1.165) is 30.0 Å². The second-order valence-electron chi connectivity index (χ2n) is 6.73. The molecule has 3 aromatic heterocycles. The summed E-state index contributed by atoms with van der Waals surface area (Å²) in [6.45, 7) is 6.27. The number of nitrogens with one attached hydrogen (secondary N) is 1. The van der Waals surface area contributed by atoms with Crippen LogP contribution in [-0.4, -0.2) is 37.5 Å². The molecule has 1 saturated heterocycles. The van der Waals surface area contributed by atoms with Gasteiger partial charge in [0.2, 0.25) is 10.9 Å². The van der Waals surface area contributed by atoms with Gasteiger partial charge in [-0.3, -0.25) is 4.79 Å². The molecule has 0 aromatic carbocycles. The van der Waals surface area contributed by atoms with Gasteiger partial charge in [0.05, 0.1) is 17.4 Å². The quantitative estimate of drug-likeness (QED) is 0.698. The number of anilines is 2. The minimum atomic E-state index is -0.127. The SMILES string of the molecule is CCc1nnc(Nc2cccc([C@H]3CCCN3C(=O)c3oc(C)nc3C)n2)s1. The van der Waals surface area contributed by atoms with Crippen molar-refractivity contribution in [1.82, 2.24) is 25.1 Å². The number of rotatable bonds is 5. The smallest absolute Gasteiger partial charge is 0.292 e. The number of hydrogen-bond donors (Lipinski definition) is 1. The van der Waals surface area contributed by atoms with Crippen LogP contribution in [0.1, 0.15) is 58.6 Å². The number of likely N-dealkylation sites (tertiary alicyclic amines) is 1. The molecule has 8 nitrogen and oxygen atoms in total. The lowest BCUT2D eigenvalue weighted by Gasteiger charge is -2.23. The molecule has 146 valence electrons. The molecular formula is C19H22N6O2S. The Balaban J connectivity index is 1.55. The van der Waals surface area contributed by atoms with Crippen LogP contribution < -0.4 is 5.32 Å². The van der Waals surface area contributed by atoms with Gasteiger partial charge in [-0.1, -0.05) is 24.3 Å². The van der Waals surface area contributed by atoms with E-state index < -0.39 is 0 Å². The summed E-state index contributed by atoms with van der Waals surface area (Å²) in [4.78, 5) is 23.8. The maximum absolute atomic E-state index is 13.0. The molecular weight excluding hydrogens is 376 g/mol. The van der Waals surface area contributed by atoms with Crippen molar-refractivity contribution in [1.29, 1.82) is 0 Å². The highest BCUT2D eigenvalue weighted by molar-refractivity contribution is 7.15. The van der Waals surface area contributed by atoms with Gasteiger partial charge in [0.15, 0.2) is 5.89 Å². The fraction of sp³-hybridized carbons (Fsp3) is 0.421. The number of aromatic nitrogens is 4. The van der Waals surface area contributed by atoms with Crippen molar-refractivity contribution in [2.75, 3.05) is 11.9 Å². The van der Waals surface area contributed by atoms with E-state index in [1.54, 1.807) is 13.8 Å². The Morgan fingerprint density at radius 3 is 2.89 bits per heavy atom. The average Bonchev–Trinajstić information content (AvgIpc) is 3.41. The monoisotopic (exact) mass is 398 g/mol. The molecule has 0 saturated carbocycles. The predicted molar refractivity (Wildman–Crippen MR) is 106 cm³/mol. The van der Waals surface area contributed by atoms with Gasteiger partial charge in [-0.05, 0) is 38.3 Å². The third-order valence-corrected chi connectivity index (χ3v) is 5.71. The molecule has 1 amide bonds. The van der Waals surface area contributed by atoms with Gasteiger partial charge in [0, 0.05) is 13.5 Å². The number of carbonyl (C=O) groups is 1. The summed E-state index contributed by atoms with van der Waals surface area (Å²) in [5.74, 6) is 1.39. The molecule has 0 spiro atoms. The molecule has 0 bridgehead atoms. The number of carbonyl (C=O) groups excluding carboxylic acids is 1. The summed E-state index contributed by atoms with van der Waals surface area (Å²) in [7, 11) is 0. The molecule has 1 fully saturated rings. The van der Waals surface area contributed by atoms with Gasteiger partial charge in [0.25, 0.3) is 5.91 Å². The summed E-state index contributed by atoms with van der Waals surface area (Å²) < 4.78 is 5.54. The van der Waals surface area contributed by atoms with Gasteiger partial charge in [-0.15, -0.1) is 10.2 Å². The Labute approximate surface area is 167 Å². The number of nitrogens with zero attached hydrogens (tertiary/aromatic N) is 5. The highest BCUT2D eigenvalue weighted by Crippen LogP contribution is 2.33. The van der Waals surface area contributed by atoms with E-state index in [1.165, 1.54) is 11.3 Å². The summed E-state index contributed by atoms with van der Waals surface area (Å²) in [6, 6.07) is 5.70. The van der Waals surface area contributed by atoms with Crippen molar-refractivity contribution in [2.24, 2.45) is 0 Å². The zero-order valence-electron chi connectivity index (χ0n) is 16.1. The van der Waals surface area contributed by atoms with Crippen molar-refractivity contribution in [3.8, 4) is 0 Å². The van der Waals surface area contributed by atoms with Crippen molar-refractivity contribution in [2.45, 2.75) is 46.1 Å². The normalized spacial score (nSPS) is 16.5. The summed E-state index contributed by atoms with van der Waals surface area (Å²) in [6.07, 6.45) is 2.65. The molecule has 1 aliphatic heterocycles. The molecule has 9 heteroatoms. The molecule has 1 aliphatic rings. The highest BCUT2D eigenvalue weighted by atomic mass is 32.1. The third kappa shape index (κ3) is 3.62. The Bertz CT molecular complexity index is 998. The van der Waals surface area contributed by atoms with Crippen LogP contribution in [0.5, 0.6) is 0 Å². The van der Waals surface area contributed by atoms with E-state index in [2.05, 4.69) is 20.5 Å². The van der Waals surface area contributed by atoms with Crippen molar-refractivity contribution < 1.29 is 9.21 Å². The standard InChI is InChI=1S/C19H22N6O2S/c1-4-16-23-24-19(28-16)22-15-9-5-7-13(21-15)14-8-6-10-25(14)18(26)17-11(2)20-12(3)27-17/h5,7,9,14H,4,6,8,10H2,1-3H3,(H,21,22,24)/t14-/m1/s1. The Morgan fingerprint density at radius 2 is 2.18 bits per heavy atom. The molecule has 3 aromatic rings. The fourth-order valence-electron chi connectivity index (χ4n) is 3.44. The van der Waals surface area contributed by atoms with Gasteiger partial charge >= 0.3 is 0 Å². The van der Waals surface area contributed by atoms with Gasteiger partial charge < -0.3 is 14.6 Å². The van der Waals surface area contributed by atoms with Crippen molar-refractivity contribution >= 4 is 28.2 Å². The third-order valence-electron chi connectivity index (χ3n) is 4.73. The van der Waals surface area contributed by atoms with E-state index >= 15 is 0 Å². The van der Waals surface area contributed by atoms with Gasteiger partial charge in [-0.2, -0.15) is 0 Å².